The van der Waals surface area contributed by atoms with Crippen LogP contribution >= 0.6 is 0 Å². The smallest absolute Gasteiger partial charge is 0.173 e. The topological polar surface area (TPSA) is 70.0 Å². The van der Waals surface area contributed by atoms with Crippen LogP contribution in [0.15, 0.2) is 29.7 Å². The highest BCUT2D eigenvalue weighted by Gasteiger charge is 2.21. The van der Waals surface area contributed by atoms with Gasteiger partial charge >= 0.3 is 0 Å². The van der Waals surface area contributed by atoms with Gasteiger partial charge in [-0.05, 0) is 24.6 Å². The second-order valence-corrected chi connectivity index (χ2v) is 6.00. The molecule has 1 aliphatic rings. The van der Waals surface area contributed by atoms with Crippen LogP contribution < -0.4 is 5.32 Å². The van der Waals surface area contributed by atoms with E-state index in [-0.39, 0.29) is 11.8 Å². The van der Waals surface area contributed by atoms with Gasteiger partial charge in [-0.15, -0.1) is 0 Å². The van der Waals surface area contributed by atoms with Crippen molar-refractivity contribution in [2.24, 2.45) is 0 Å². The molecule has 1 aromatic rings. The van der Waals surface area contributed by atoms with Gasteiger partial charge in [0.05, 0.1) is 23.0 Å². The number of hydrogen-bond acceptors (Lipinski definition) is 4. The highest BCUT2D eigenvalue weighted by molar-refractivity contribution is 7.94. The zero-order valence-corrected chi connectivity index (χ0v) is 10.2. The van der Waals surface area contributed by atoms with Gasteiger partial charge in [-0.3, -0.25) is 0 Å². The zero-order valence-electron chi connectivity index (χ0n) is 9.34. The molecule has 4 nitrogen and oxygen atoms in total. The summed E-state index contributed by atoms with van der Waals surface area (Å²) in [5.41, 5.74) is 2.23. The Morgan fingerprint density at radius 1 is 1.47 bits per heavy atom. The molecule has 0 radical (unpaired) electrons. The van der Waals surface area contributed by atoms with E-state index in [4.69, 9.17) is 5.26 Å². The number of sulfone groups is 1. The van der Waals surface area contributed by atoms with Gasteiger partial charge in [0.15, 0.2) is 9.84 Å². The van der Waals surface area contributed by atoms with Crippen LogP contribution in [0.1, 0.15) is 11.1 Å². The number of nitriles is 1. The van der Waals surface area contributed by atoms with Crippen LogP contribution in [0.5, 0.6) is 0 Å². The number of benzene rings is 1. The summed E-state index contributed by atoms with van der Waals surface area (Å²) in [5, 5.41) is 13.2. The summed E-state index contributed by atoms with van der Waals surface area (Å²) in [5.74, 6) is 0.0474. The standard InChI is InChI=1S/C12H12N2O2S/c1-9-2-3-10(7-13)12(6-9)14-11-4-5-17(15,16)8-11/h2-6,11,14H,8H2,1H3. The number of nitrogens with zero attached hydrogens (tertiary/aromatic N) is 1. The van der Waals surface area contributed by atoms with Gasteiger partial charge in [-0.1, -0.05) is 12.1 Å². The maximum absolute atomic E-state index is 11.3. The second-order valence-electron chi connectivity index (χ2n) is 4.07. The Balaban J connectivity index is 2.23. The van der Waals surface area contributed by atoms with Gasteiger partial charge in [0.25, 0.3) is 0 Å². The molecule has 1 aromatic carbocycles. The van der Waals surface area contributed by atoms with E-state index in [1.54, 1.807) is 12.1 Å². The molecule has 0 spiro atoms. The minimum Gasteiger partial charge on any atom is -0.377 e. The predicted octanol–water partition coefficient (Wildman–Crippen LogP) is 1.59. The van der Waals surface area contributed by atoms with Crippen LogP contribution in [0.2, 0.25) is 0 Å². The first-order chi connectivity index (χ1) is 8.00. The van der Waals surface area contributed by atoms with Gasteiger partial charge in [-0.25, -0.2) is 8.42 Å². The zero-order chi connectivity index (χ0) is 12.5. The molecule has 17 heavy (non-hydrogen) atoms. The van der Waals surface area contributed by atoms with Crippen LogP contribution in [0, 0.1) is 18.3 Å². The van der Waals surface area contributed by atoms with Crippen molar-refractivity contribution in [1.29, 1.82) is 5.26 Å². The van der Waals surface area contributed by atoms with E-state index in [1.807, 2.05) is 19.1 Å². The molecule has 1 unspecified atom stereocenters. The fourth-order valence-electron chi connectivity index (χ4n) is 1.74. The molecule has 0 aromatic heterocycles. The Labute approximate surface area is 100 Å². The molecule has 0 aliphatic carbocycles. The molecule has 88 valence electrons. The fourth-order valence-corrected chi connectivity index (χ4v) is 2.98. The molecule has 1 N–H and O–H groups in total. The van der Waals surface area contributed by atoms with E-state index in [2.05, 4.69) is 11.4 Å². The SMILES string of the molecule is Cc1ccc(C#N)c(NC2C=CS(=O)(=O)C2)c1. The summed E-state index contributed by atoms with van der Waals surface area (Å²) in [6.45, 7) is 1.92. The van der Waals surface area contributed by atoms with E-state index in [1.165, 1.54) is 5.41 Å². The maximum atomic E-state index is 11.3. The second kappa shape index (κ2) is 4.22. The van der Waals surface area contributed by atoms with E-state index in [0.29, 0.717) is 11.3 Å². The van der Waals surface area contributed by atoms with Crippen molar-refractivity contribution < 1.29 is 8.42 Å². The van der Waals surface area contributed by atoms with Crippen molar-refractivity contribution in [3.8, 4) is 6.07 Å². The van der Waals surface area contributed by atoms with Gasteiger partial charge < -0.3 is 5.32 Å². The number of rotatable bonds is 2. The summed E-state index contributed by atoms with van der Waals surface area (Å²) >= 11 is 0. The van der Waals surface area contributed by atoms with E-state index >= 15 is 0 Å². The number of hydrogen-bond donors (Lipinski definition) is 1. The van der Waals surface area contributed by atoms with Crippen LogP contribution in [-0.4, -0.2) is 20.2 Å². The average molecular weight is 248 g/mol. The Hall–Kier alpha value is -1.80. The molecule has 1 heterocycles. The van der Waals surface area contributed by atoms with Crippen molar-refractivity contribution in [1.82, 2.24) is 0 Å². The molecule has 1 atom stereocenters. The molecule has 0 bridgehead atoms. The van der Waals surface area contributed by atoms with Crippen LogP contribution in [0.25, 0.3) is 0 Å². The molecular formula is C12H12N2O2S. The normalized spacial score (nSPS) is 21.1. The minimum absolute atomic E-state index is 0.0474. The monoisotopic (exact) mass is 248 g/mol. The molecule has 1 aliphatic heterocycles. The lowest BCUT2D eigenvalue weighted by Gasteiger charge is -2.13. The highest BCUT2D eigenvalue weighted by atomic mass is 32.2. The lowest BCUT2D eigenvalue weighted by atomic mass is 10.1. The van der Waals surface area contributed by atoms with Crippen LogP contribution in [0.4, 0.5) is 5.69 Å². The van der Waals surface area contributed by atoms with E-state index in [9.17, 15) is 8.42 Å². The van der Waals surface area contributed by atoms with Crippen molar-refractivity contribution >= 4 is 15.5 Å². The van der Waals surface area contributed by atoms with Crippen molar-refractivity contribution in [2.75, 3.05) is 11.1 Å². The molecule has 0 saturated heterocycles. The summed E-state index contributed by atoms with van der Waals surface area (Å²) in [6.07, 6.45) is 1.61. The third kappa shape index (κ3) is 2.66. The van der Waals surface area contributed by atoms with Gasteiger partial charge in [0.2, 0.25) is 0 Å². The van der Waals surface area contributed by atoms with Crippen LogP contribution in [-0.2, 0) is 9.84 Å². The Bertz CT molecular complexity index is 612. The first-order valence-corrected chi connectivity index (χ1v) is 6.90. The Morgan fingerprint density at radius 3 is 2.82 bits per heavy atom. The largest absolute Gasteiger partial charge is 0.377 e. The van der Waals surface area contributed by atoms with Gasteiger partial charge in [-0.2, -0.15) is 5.26 Å². The number of nitrogens with one attached hydrogen (secondary N) is 1. The summed E-state index contributed by atoms with van der Waals surface area (Å²) in [4.78, 5) is 0. The highest BCUT2D eigenvalue weighted by Crippen LogP contribution is 2.20. The first-order valence-electron chi connectivity index (χ1n) is 5.18. The molecule has 0 amide bonds. The maximum Gasteiger partial charge on any atom is 0.173 e. The van der Waals surface area contributed by atoms with Crippen LogP contribution in [0.3, 0.4) is 0 Å². The van der Waals surface area contributed by atoms with Crippen molar-refractivity contribution in [3.63, 3.8) is 0 Å². The molecule has 2 rings (SSSR count). The molecule has 5 heteroatoms. The lowest BCUT2D eigenvalue weighted by molar-refractivity contribution is 0.605. The van der Waals surface area contributed by atoms with E-state index in [0.717, 1.165) is 5.56 Å². The first kappa shape index (κ1) is 11.7. The molecule has 0 fully saturated rings. The van der Waals surface area contributed by atoms with E-state index < -0.39 is 9.84 Å². The van der Waals surface area contributed by atoms with Gasteiger partial charge in [0, 0.05) is 5.41 Å². The summed E-state index contributed by atoms with van der Waals surface area (Å²) in [7, 11) is -3.07. The Morgan fingerprint density at radius 2 is 2.24 bits per heavy atom. The van der Waals surface area contributed by atoms with Crippen molar-refractivity contribution in [3.05, 3.63) is 40.8 Å². The lowest BCUT2D eigenvalue weighted by Crippen LogP contribution is -2.21. The fraction of sp³-hybridized carbons (Fsp3) is 0.250. The van der Waals surface area contributed by atoms with Gasteiger partial charge in [0.1, 0.15) is 6.07 Å². The summed E-state index contributed by atoms with van der Waals surface area (Å²) < 4.78 is 22.5. The average Bonchev–Trinajstić information content (AvgIpc) is 2.58. The number of anilines is 1. The molecular weight excluding hydrogens is 236 g/mol. The Kier molecular flexibility index (Phi) is 2.90. The third-order valence-electron chi connectivity index (χ3n) is 2.57. The summed E-state index contributed by atoms with van der Waals surface area (Å²) in [6, 6.07) is 7.25. The molecule has 0 saturated carbocycles. The minimum atomic E-state index is -3.07. The predicted molar refractivity (Wildman–Crippen MR) is 66.2 cm³/mol. The quantitative estimate of drug-likeness (QED) is 0.862. The van der Waals surface area contributed by atoms with Crippen molar-refractivity contribution in [2.45, 2.75) is 13.0 Å². The third-order valence-corrected chi connectivity index (χ3v) is 3.96. The number of aryl methyl sites for hydroxylation is 1.